The number of benzene rings is 2. The number of hydrogen-bond acceptors (Lipinski definition) is 4. The largest absolute Gasteiger partial charge is 0.491 e. The molecule has 0 aromatic heterocycles. The number of likely N-dealkylation sites (tertiary alicyclic amines) is 1. The lowest BCUT2D eigenvalue weighted by atomic mass is 9.96. The van der Waals surface area contributed by atoms with E-state index >= 15 is 0 Å². The molecule has 1 heterocycles. The fraction of sp³-hybridized carbons (Fsp3) is 0.417. The summed E-state index contributed by atoms with van der Waals surface area (Å²) in [6.07, 6.45) is 1.33. The second kappa shape index (κ2) is 10.9. The van der Waals surface area contributed by atoms with E-state index in [4.69, 9.17) is 4.74 Å². The lowest BCUT2D eigenvalue weighted by Gasteiger charge is -2.34. The van der Waals surface area contributed by atoms with Crippen LogP contribution in [0.3, 0.4) is 0 Å². The smallest absolute Gasteiger partial charge is 0.387 e. The number of para-hydroxylation sites is 2. The number of alkyl halides is 2. The van der Waals surface area contributed by atoms with Crippen LogP contribution >= 0.6 is 0 Å². The minimum absolute atomic E-state index is 0.0620. The van der Waals surface area contributed by atoms with Crippen LogP contribution in [-0.4, -0.2) is 61.5 Å². The second-order valence-corrected chi connectivity index (χ2v) is 7.84. The van der Waals surface area contributed by atoms with Gasteiger partial charge in [0.15, 0.2) is 0 Å². The van der Waals surface area contributed by atoms with E-state index in [1.807, 2.05) is 31.2 Å². The average molecular weight is 446 g/mol. The van der Waals surface area contributed by atoms with Crippen LogP contribution in [0.15, 0.2) is 48.5 Å². The highest BCUT2D eigenvalue weighted by molar-refractivity contribution is 5.97. The van der Waals surface area contributed by atoms with E-state index in [0.717, 1.165) is 11.3 Å². The number of halogens is 2. The highest BCUT2D eigenvalue weighted by atomic mass is 19.3. The zero-order valence-electron chi connectivity index (χ0n) is 18.3. The number of amides is 2. The van der Waals surface area contributed by atoms with Crippen molar-refractivity contribution < 1.29 is 27.8 Å². The monoisotopic (exact) mass is 446 g/mol. The highest BCUT2D eigenvalue weighted by Gasteiger charge is 2.31. The first-order valence-electron chi connectivity index (χ1n) is 10.6. The Kier molecular flexibility index (Phi) is 8.03. The van der Waals surface area contributed by atoms with E-state index in [2.05, 4.69) is 4.74 Å². The SMILES string of the molecule is Cc1ccccc1OCCN(C)C(=O)C1CCCN(C(=O)c2ccccc2OC(F)F)C1. The number of ether oxygens (including phenoxy) is 2. The van der Waals surface area contributed by atoms with Gasteiger partial charge in [0, 0.05) is 20.1 Å². The van der Waals surface area contributed by atoms with Crippen molar-refractivity contribution in [1.29, 1.82) is 0 Å². The molecule has 0 aliphatic carbocycles. The van der Waals surface area contributed by atoms with E-state index < -0.39 is 12.5 Å². The fourth-order valence-electron chi connectivity index (χ4n) is 3.81. The zero-order valence-corrected chi connectivity index (χ0v) is 18.3. The maximum atomic E-state index is 13.0. The molecule has 1 fully saturated rings. The van der Waals surface area contributed by atoms with Gasteiger partial charge in [-0.2, -0.15) is 8.78 Å². The van der Waals surface area contributed by atoms with Crippen LogP contribution in [0.25, 0.3) is 0 Å². The predicted octanol–water partition coefficient (Wildman–Crippen LogP) is 3.99. The van der Waals surface area contributed by atoms with Gasteiger partial charge in [0.1, 0.15) is 18.1 Å². The highest BCUT2D eigenvalue weighted by Crippen LogP contribution is 2.25. The quantitative estimate of drug-likeness (QED) is 0.615. The van der Waals surface area contributed by atoms with Gasteiger partial charge in [-0.15, -0.1) is 0 Å². The Labute approximate surface area is 186 Å². The van der Waals surface area contributed by atoms with Crippen LogP contribution in [0, 0.1) is 12.8 Å². The predicted molar refractivity (Wildman–Crippen MR) is 116 cm³/mol. The van der Waals surface area contributed by atoms with Crippen LogP contribution in [0.2, 0.25) is 0 Å². The molecule has 32 heavy (non-hydrogen) atoms. The Hall–Kier alpha value is -3.16. The van der Waals surface area contributed by atoms with Gasteiger partial charge in [-0.1, -0.05) is 30.3 Å². The van der Waals surface area contributed by atoms with Crippen molar-refractivity contribution in [2.45, 2.75) is 26.4 Å². The number of piperidine rings is 1. The van der Waals surface area contributed by atoms with Crippen LogP contribution in [0.1, 0.15) is 28.8 Å². The van der Waals surface area contributed by atoms with Crippen LogP contribution in [0.5, 0.6) is 11.5 Å². The molecule has 3 rings (SSSR count). The summed E-state index contributed by atoms with van der Waals surface area (Å²) in [4.78, 5) is 29.0. The topological polar surface area (TPSA) is 59.1 Å². The Morgan fingerprint density at radius 2 is 1.81 bits per heavy atom. The molecule has 6 nitrogen and oxygen atoms in total. The summed E-state index contributed by atoms with van der Waals surface area (Å²) in [5.74, 6) is -0.199. The van der Waals surface area contributed by atoms with E-state index in [1.54, 1.807) is 18.0 Å². The molecule has 1 atom stereocenters. The Balaban J connectivity index is 1.57. The number of rotatable bonds is 8. The molecule has 0 radical (unpaired) electrons. The molecule has 0 spiro atoms. The number of carbonyl (C=O) groups is 2. The Morgan fingerprint density at radius 3 is 2.53 bits per heavy atom. The van der Waals surface area contributed by atoms with Crippen molar-refractivity contribution >= 4 is 11.8 Å². The first-order valence-corrected chi connectivity index (χ1v) is 10.6. The molecule has 1 saturated heterocycles. The zero-order chi connectivity index (χ0) is 23.1. The van der Waals surface area contributed by atoms with E-state index in [0.29, 0.717) is 32.5 Å². The Morgan fingerprint density at radius 1 is 1.12 bits per heavy atom. The van der Waals surface area contributed by atoms with Gasteiger partial charge in [-0.05, 0) is 43.5 Å². The van der Waals surface area contributed by atoms with Gasteiger partial charge in [-0.3, -0.25) is 9.59 Å². The standard InChI is InChI=1S/C24H28F2N2O4/c1-17-8-3-5-11-20(17)31-15-14-27(2)22(29)18-9-7-13-28(16-18)23(30)19-10-4-6-12-21(19)32-24(25)26/h3-6,8,10-12,18,24H,7,9,13-16H2,1-2H3. The van der Waals surface area contributed by atoms with E-state index in [-0.39, 0.29) is 29.7 Å². The molecular weight excluding hydrogens is 418 g/mol. The van der Waals surface area contributed by atoms with Crippen molar-refractivity contribution in [1.82, 2.24) is 9.80 Å². The normalized spacial score (nSPS) is 16.0. The van der Waals surface area contributed by atoms with Crippen molar-refractivity contribution in [2.24, 2.45) is 5.92 Å². The first kappa shape index (κ1) is 23.5. The minimum Gasteiger partial charge on any atom is -0.491 e. The minimum atomic E-state index is -3.02. The number of aryl methyl sites for hydroxylation is 1. The van der Waals surface area contributed by atoms with Crippen LogP contribution in [-0.2, 0) is 4.79 Å². The lowest BCUT2D eigenvalue weighted by molar-refractivity contribution is -0.135. The summed E-state index contributed by atoms with van der Waals surface area (Å²) in [5.41, 5.74) is 1.10. The van der Waals surface area contributed by atoms with Crippen molar-refractivity contribution in [3.8, 4) is 11.5 Å². The second-order valence-electron chi connectivity index (χ2n) is 7.84. The molecule has 0 bridgehead atoms. The van der Waals surface area contributed by atoms with Crippen molar-refractivity contribution in [2.75, 3.05) is 33.3 Å². The van der Waals surface area contributed by atoms with E-state index in [9.17, 15) is 18.4 Å². The molecule has 8 heteroatoms. The maximum Gasteiger partial charge on any atom is 0.387 e. The molecule has 2 aromatic rings. The Bertz CT molecular complexity index is 938. The summed E-state index contributed by atoms with van der Waals surface area (Å²) in [5, 5.41) is 0. The van der Waals surface area contributed by atoms with Gasteiger partial charge in [0.05, 0.1) is 18.0 Å². The molecule has 172 valence electrons. The molecule has 2 aromatic carbocycles. The first-order chi connectivity index (χ1) is 15.4. The van der Waals surface area contributed by atoms with E-state index in [1.165, 1.54) is 23.1 Å². The summed E-state index contributed by atoms with van der Waals surface area (Å²) in [6, 6.07) is 13.6. The molecule has 1 unspecified atom stereocenters. The van der Waals surface area contributed by atoms with Crippen molar-refractivity contribution in [3.63, 3.8) is 0 Å². The van der Waals surface area contributed by atoms with Gasteiger partial charge in [0.25, 0.3) is 5.91 Å². The summed E-state index contributed by atoms with van der Waals surface area (Å²) in [6.45, 7) is 0.427. The maximum absolute atomic E-state index is 13.0. The fourth-order valence-corrected chi connectivity index (χ4v) is 3.81. The molecule has 1 aliphatic rings. The molecule has 2 amide bonds. The van der Waals surface area contributed by atoms with Gasteiger partial charge in [0.2, 0.25) is 5.91 Å². The summed E-state index contributed by atoms with van der Waals surface area (Å²) in [7, 11) is 1.72. The van der Waals surface area contributed by atoms with Crippen molar-refractivity contribution in [3.05, 3.63) is 59.7 Å². The van der Waals surface area contributed by atoms with Gasteiger partial charge < -0.3 is 19.3 Å². The third kappa shape index (κ3) is 5.96. The van der Waals surface area contributed by atoms with Crippen LogP contribution in [0.4, 0.5) is 8.78 Å². The lowest BCUT2D eigenvalue weighted by Crippen LogP contribution is -2.46. The third-order valence-electron chi connectivity index (χ3n) is 5.55. The number of nitrogens with zero attached hydrogens (tertiary/aromatic N) is 2. The average Bonchev–Trinajstić information content (AvgIpc) is 2.79. The number of likely N-dealkylation sites (N-methyl/N-ethyl adjacent to an activating group) is 1. The number of hydrogen-bond donors (Lipinski definition) is 0. The van der Waals surface area contributed by atoms with Crippen LogP contribution < -0.4 is 9.47 Å². The molecule has 1 aliphatic heterocycles. The molecular formula is C24H28F2N2O4. The van der Waals surface area contributed by atoms with Gasteiger partial charge in [-0.25, -0.2) is 0 Å². The summed E-state index contributed by atoms with van der Waals surface area (Å²) < 4.78 is 35.6. The molecule has 0 N–H and O–H groups in total. The third-order valence-corrected chi connectivity index (χ3v) is 5.55. The number of carbonyl (C=O) groups excluding carboxylic acids is 2. The molecule has 0 saturated carbocycles. The summed E-state index contributed by atoms with van der Waals surface area (Å²) >= 11 is 0. The van der Waals surface area contributed by atoms with Gasteiger partial charge >= 0.3 is 6.61 Å².